The van der Waals surface area contributed by atoms with Crippen LogP contribution < -0.4 is 4.31 Å². The van der Waals surface area contributed by atoms with Crippen LogP contribution >= 0.6 is 22.7 Å². The number of thiazole rings is 1. The Bertz CT molecular complexity index is 1670. The molecule has 5 rings (SSSR count). The summed E-state index contributed by atoms with van der Waals surface area (Å²) in [6.45, 7) is 14.1. The lowest BCUT2D eigenvalue weighted by atomic mass is 9.75. The van der Waals surface area contributed by atoms with Crippen molar-refractivity contribution in [1.82, 2.24) is 14.9 Å². The Labute approximate surface area is 263 Å². The first-order chi connectivity index (χ1) is 20.5. The molecule has 44 heavy (non-hydrogen) atoms. The molecule has 2 N–H and O–H groups in total. The standard InChI is InChI=1S/C28H36N4O2S3.C2HF3O2/c1-19(2)32(37(33,34)25-10-7-15-35-25)24-9-6-8-20-16-23(30-26(20)24)27-29-17-22(36-27)18-31-13-11-21(12-14-31)28(3,4)5;3-2(4,5)1(6)7/h6-10,15-17,19,21,30H,11-14,18H2,1-5H3;(H,6,7). The molecule has 1 fully saturated rings. The number of halogens is 3. The molecular formula is C30H37F3N4O4S3. The van der Waals surface area contributed by atoms with Crippen molar-refractivity contribution in [2.75, 3.05) is 17.4 Å². The van der Waals surface area contributed by atoms with E-state index in [1.165, 1.54) is 33.4 Å². The van der Waals surface area contributed by atoms with Gasteiger partial charge in [0.05, 0.1) is 16.9 Å². The van der Waals surface area contributed by atoms with Crippen LogP contribution in [-0.4, -0.2) is 59.7 Å². The van der Waals surface area contributed by atoms with Crippen molar-refractivity contribution in [2.24, 2.45) is 11.3 Å². The van der Waals surface area contributed by atoms with E-state index >= 15 is 0 Å². The molecule has 0 bridgehead atoms. The van der Waals surface area contributed by atoms with Crippen LogP contribution in [0.3, 0.4) is 0 Å². The normalized spacial score (nSPS) is 15.4. The Morgan fingerprint density at radius 2 is 1.82 bits per heavy atom. The van der Waals surface area contributed by atoms with Crippen LogP contribution in [0, 0.1) is 11.3 Å². The topological polar surface area (TPSA) is 107 Å². The van der Waals surface area contributed by atoms with Crippen LogP contribution in [0.15, 0.2) is 52.2 Å². The van der Waals surface area contributed by atoms with Gasteiger partial charge in [-0.3, -0.25) is 9.21 Å². The molecule has 0 amide bonds. The minimum absolute atomic E-state index is 0.238. The molecule has 240 valence electrons. The van der Waals surface area contributed by atoms with Crippen LogP contribution in [0.1, 0.15) is 52.3 Å². The summed E-state index contributed by atoms with van der Waals surface area (Å²) in [5, 5.41) is 10.8. The summed E-state index contributed by atoms with van der Waals surface area (Å²) >= 11 is 2.95. The quantitative estimate of drug-likeness (QED) is 0.208. The minimum Gasteiger partial charge on any atom is -0.475 e. The van der Waals surface area contributed by atoms with E-state index < -0.39 is 22.2 Å². The second kappa shape index (κ2) is 13.2. The van der Waals surface area contributed by atoms with Crippen molar-refractivity contribution in [3.8, 4) is 10.7 Å². The van der Waals surface area contributed by atoms with E-state index in [-0.39, 0.29) is 6.04 Å². The van der Waals surface area contributed by atoms with Crippen molar-refractivity contribution >= 4 is 55.3 Å². The van der Waals surface area contributed by atoms with Gasteiger partial charge in [0.15, 0.2) is 0 Å². The number of nitrogens with zero attached hydrogens (tertiary/aromatic N) is 3. The van der Waals surface area contributed by atoms with E-state index in [9.17, 15) is 21.6 Å². The third-order valence-electron chi connectivity index (χ3n) is 7.57. The summed E-state index contributed by atoms with van der Waals surface area (Å²) in [6, 6.07) is 11.1. The third-order valence-corrected chi connectivity index (χ3v) is 11.9. The summed E-state index contributed by atoms with van der Waals surface area (Å²) < 4.78 is 60.7. The molecule has 0 unspecified atom stereocenters. The molecule has 4 heterocycles. The number of H-pyrrole nitrogens is 1. The second-order valence-corrected chi connectivity index (χ2v) is 16.2. The predicted molar refractivity (Wildman–Crippen MR) is 170 cm³/mol. The van der Waals surface area contributed by atoms with Crippen molar-refractivity contribution < 1.29 is 31.5 Å². The number of alkyl halides is 3. The first-order valence-corrected chi connectivity index (χ1v) is 17.3. The zero-order valence-electron chi connectivity index (χ0n) is 25.2. The number of carbonyl (C=O) groups is 1. The fourth-order valence-electron chi connectivity index (χ4n) is 5.31. The molecule has 0 spiro atoms. The summed E-state index contributed by atoms with van der Waals surface area (Å²) in [4.78, 5) is 20.9. The molecule has 0 atom stereocenters. The number of carboxylic acid groups (broad SMARTS) is 1. The number of piperidine rings is 1. The highest BCUT2D eigenvalue weighted by Crippen LogP contribution is 2.38. The average Bonchev–Trinajstić information content (AvgIpc) is 3.69. The Morgan fingerprint density at radius 3 is 2.36 bits per heavy atom. The van der Waals surface area contributed by atoms with Gasteiger partial charge in [-0.1, -0.05) is 39.0 Å². The summed E-state index contributed by atoms with van der Waals surface area (Å²) in [5.74, 6) is -1.97. The number of hydrogen-bond donors (Lipinski definition) is 2. The molecule has 8 nitrogen and oxygen atoms in total. The summed E-state index contributed by atoms with van der Waals surface area (Å²) in [7, 11) is -3.67. The van der Waals surface area contributed by atoms with Gasteiger partial charge in [-0.15, -0.1) is 22.7 Å². The SMILES string of the molecule is CC(C)N(c1cccc2cc(-c3ncc(CN4CCC(C(C)(C)C)CC4)s3)[nH]c12)S(=O)(=O)c1cccs1.O=C(O)C(F)(F)F. The molecule has 1 aliphatic heterocycles. The van der Waals surface area contributed by atoms with E-state index in [1.54, 1.807) is 28.8 Å². The second-order valence-electron chi connectivity index (χ2n) is 12.1. The molecule has 0 aliphatic carbocycles. The maximum Gasteiger partial charge on any atom is 0.490 e. The van der Waals surface area contributed by atoms with Crippen LogP contribution in [0.4, 0.5) is 18.9 Å². The van der Waals surface area contributed by atoms with Gasteiger partial charge in [0.25, 0.3) is 10.0 Å². The minimum atomic E-state index is -5.08. The predicted octanol–water partition coefficient (Wildman–Crippen LogP) is 7.85. The summed E-state index contributed by atoms with van der Waals surface area (Å²) in [6.07, 6.45) is -0.592. The highest BCUT2D eigenvalue weighted by molar-refractivity contribution is 7.94. The smallest absolute Gasteiger partial charge is 0.475 e. The Kier molecular flexibility index (Phi) is 10.2. The number of fused-ring (bicyclic) bond motifs is 1. The molecular weight excluding hydrogens is 634 g/mol. The number of aliphatic carboxylic acids is 1. The molecule has 14 heteroatoms. The van der Waals surface area contributed by atoms with Gasteiger partial charge in [-0.05, 0) is 74.7 Å². The van der Waals surface area contributed by atoms with Gasteiger partial charge in [-0.25, -0.2) is 18.2 Å². The lowest BCUT2D eigenvalue weighted by Gasteiger charge is -2.38. The number of anilines is 1. The van der Waals surface area contributed by atoms with E-state index in [2.05, 4.69) is 36.7 Å². The maximum atomic E-state index is 13.5. The highest BCUT2D eigenvalue weighted by Gasteiger charge is 2.38. The Balaban J connectivity index is 0.000000566. The molecule has 0 saturated carbocycles. The number of para-hydroxylation sites is 1. The molecule has 4 aromatic rings. The fourth-order valence-corrected chi connectivity index (χ4v) is 8.99. The number of benzene rings is 1. The Morgan fingerprint density at radius 1 is 1.16 bits per heavy atom. The first-order valence-electron chi connectivity index (χ1n) is 14.2. The summed E-state index contributed by atoms with van der Waals surface area (Å²) in [5.41, 5.74) is 2.77. The molecule has 3 aromatic heterocycles. The van der Waals surface area contributed by atoms with Crippen molar-refractivity contribution in [1.29, 1.82) is 0 Å². The fraction of sp³-hybridized carbons (Fsp3) is 0.467. The van der Waals surface area contributed by atoms with E-state index in [0.717, 1.165) is 47.2 Å². The van der Waals surface area contributed by atoms with Gasteiger partial charge in [0, 0.05) is 29.0 Å². The molecule has 1 saturated heterocycles. The number of aromatic amines is 1. The number of hydrogen-bond acceptors (Lipinski definition) is 7. The zero-order valence-corrected chi connectivity index (χ0v) is 27.6. The number of nitrogens with one attached hydrogen (secondary N) is 1. The Hall–Kier alpha value is -2.94. The van der Waals surface area contributed by atoms with Crippen LogP contribution in [0.25, 0.3) is 21.6 Å². The largest absolute Gasteiger partial charge is 0.490 e. The van der Waals surface area contributed by atoms with Crippen LogP contribution in [0.2, 0.25) is 0 Å². The zero-order chi connectivity index (χ0) is 32.4. The molecule has 1 aromatic carbocycles. The van der Waals surface area contributed by atoms with Gasteiger partial charge in [-0.2, -0.15) is 13.2 Å². The van der Waals surface area contributed by atoms with E-state index in [1.807, 2.05) is 38.2 Å². The van der Waals surface area contributed by atoms with Crippen LogP contribution in [0.5, 0.6) is 0 Å². The average molecular weight is 671 g/mol. The molecule has 0 radical (unpaired) electrons. The number of rotatable bonds is 7. The monoisotopic (exact) mass is 670 g/mol. The number of likely N-dealkylation sites (tertiary alicyclic amines) is 1. The number of thiophene rings is 1. The number of aromatic nitrogens is 2. The van der Waals surface area contributed by atoms with Crippen molar-refractivity contribution in [3.05, 3.63) is 52.9 Å². The first kappa shape index (κ1) is 33.9. The third kappa shape index (κ3) is 7.82. The maximum absolute atomic E-state index is 13.5. The van der Waals surface area contributed by atoms with E-state index in [4.69, 9.17) is 14.9 Å². The lowest BCUT2D eigenvalue weighted by Crippen LogP contribution is -2.37. The number of carboxylic acids is 1. The van der Waals surface area contributed by atoms with Gasteiger partial charge in [0.2, 0.25) is 0 Å². The van der Waals surface area contributed by atoms with Crippen molar-refractivity contribution in [2.45, 2.75) is 70.4 Å². The van der Waals surface area contributed by atoms with Gasteiger partial charge >= 0.3 is 12.1 Å². The van der Waals surface area contributed by atoms with Crippen molar-refractivity contribution in [3.63, 3.8) is 0 Å². The van der Waals surface area contributed by atoms with Crippen LogP contribution in [-0.2, 0) is 21.4 Å². The lowest BCUT2D eigenvalue weighted by molar-refractivity contribution is -0.192. The number of sulfonamides is 1. The van der Waals surface area contributed by atoms with Gasteiger partial charge < -0.3 is 10.1 Å². The van der Waals surface area contributed by atoms with E-state index in [0.29, 0.717) is 15.3 Å². The molecule has 1 aliphatic rings. The highest BCUT2D eigenvalue weighted by atomic mass is 32.2. The van der Waals surface area contributed by atoms with Gasteiger partial charge in [0.1, 0.15) is 9.22 Å².